The molecule has 50 heavy (non-hydrogen) atoms. The molecule has 4 rings (SSSR count). The molecule has 2 aromatic carbocycles. The highest BCUT2D eigenvalue weighted by atomic mass is 35.5. The predicted octanol–water partition coefficient (Wildman–Crippen LogP) is 9.11. The van der Waals surface area contributed by atoms with Gasteiger partial charge in [0, 0.05) is 11.9 Å². The van der Waals surface area contributed by atoms with Crippen LogP contribution in [0, 0.1) is 22.7 Å². The van der Waals surface area contributed by atoms with Crippen molar-refractivity contribution in [3.63, 3.8) is 0 Å². The molecule has 2 aromatic heterocycles. The summed E-state index contributed by atoms with van der Waals surface area (Å²) in [6, 6.07) is 5.41. The zero-order valence-electron chi connectivity index (χ0n) is 23.4. The minimum atomic E-state index is -5.16. The Kier molecular flexibility index (Phi) is 13.5. The smallest absolute Gasteiger partial charge is 0.383 e. The summed E-state index contributed by atoms with van der Waals surface area (Å²) in [5.41, 5.74) is -3.07. The van der Waals surface area contributed by atoms with Crippen LogP contribution >= 0.6 is 46.4 Å². The van der Waals surface area contributed by atoms with Crippen LogP contribution in [0.3, 0.4) is 0 Å². The van der Waals surface area contributed by atoms with Crippen LogP contribution in [0.1, 0.15) is 36.9 Å². The lowest BCUT2D eigenvalue weighted by molar-refractivity contribution is -0.138. The van der Waals surface area contributed by atoms with Gasteiger partial charge in [-0.15, -0.1) is 0 Å². The van der Waals surface area contributed by atoms with Crippen LogP contribution in [0.5, 0.6) is 0 Å². The quantitative estimate of drug-likeness (QED) is 0.198. The maximum Gasteiger partial charge on any atom is 0.476 e. The number of benzene rings is 2. The second-order valence-corrected chi connectivity index (χ2v) is 13.7. The monoisotopic (exact) mass is 833 g/mol. The predicted molar refractivity (Wildman–Crippen MR) is 167 cm³/mol. The third-order valence-electron chi connectivity index (χ3n) is 5.80. The van der Waals surface area contributed by atoms with Gasteiger partial charge >= 0.3 is 17.9 Å². The van der Waals surface area contributed by atoms with E-state index in [2.05, 4.69) is 10.2 Å². The molecule has 2 heterocycles. The first kappa shape index (κ1) is 42.6. The largest absolute Gasteiger partial charge is 0.476 e. The van der Waals surface area contributed by atoms with Crippen molar-refractivity contribution in [3.8, 4) is 23.5 Å². The van der Waals surface area contributed by atoms with E-state index in [1.54, 1.807) is 13.0 Å². The van der Waals surface area contributed by atoms with Gasteiger partial charge in [0.2, 0.25) is 0 Å². The Balaban J connectivity index is 0.000000340. The van der Waals surface area contributed by atoms with Gasteiger partial charge in [-0.05, 0) is 24.3 Å². The maximum atomic E-state index is 12.8. The summed E-state index contributed by atoms with van der Waals surface area (Å²) in [5, 5.41) is 23.4. The highest BCUT2D eigenvalue weighted by Crippen LogP contribution is 2.40. The minimum absolute atomic E-state index is 0. The Labute approximate surface area is 300 Å². The van der Waals surface area contributed by atoms with Crippen LogP contribution in [-0.4, -0.2) is 39.2 Å². The van der Waals surface area contributed by atoms with Gasteiger partial charge < -0.3 is 5.73 Å². The molecule has 4 aromatic rings. The first-order valence-corrected chi connectivity index (χ1v) is 16.2. The third-order valence-corrected chi connectivity index (χ3v) is 9.45. The SMILES string of the molecule is C.CCS(=O)c1c(C#N)nn(-c2c(Cl)cc(C(F)(F)F)cc2Cl)c1N.N#Cc1nn(-c2c(Cl)cc(C(F)(F)F)cc2Cl)cc1S(=O)C(F)(F)F. The summed E-state index contributed by atoms with van der Waals surface area (Å²) < 4.78 is 139. The molecule has 0 aliphatic carbocycles. The van der Waals surface area contributed by atoms with Crippen molar-refractivity contribution in [2.45, 2.75) is 42.0 Å². The molecule has 270 valence electrons. The average Bonchev–Trinajstić information content (AvgIpc) is 3.55. The fourth-order valence-electron chi connectivity index (χ4n) is 3.72. The number of halogens is 13. The van der Waals surface area contributed by atoms with Gasteiger partial charge in [0.25, 0.3) is 0 Å². The number of anilines is 1. The Morgan fingerprint density at radius 1 is 0.780 bits per heavy atom. The summed E-state index contributed by atoms with van der Waals surface area (Å²) >= 11 is 23.3. The molecule has 9 nitrogen and oxygen atoms in total. The van der Waals surface area contributed by atoms with Crippen molar-refractivity contribution in [2.24, 2.45) is 0 Å². The van der Waals surface area contributed by atoms with E-state index < -0.39 is 76.9 Å². The Bertz CT molecular complexity index is 2020. The molecule has 24 heteroatoms. The molecule has 2 unspecified atom stereocenters. The van der Waals surface area contributed by atoms with E-state index >= 15 is 0 Å². The zero-order chi connectivity index (χ0) is 37.4. The van der Waals surface area contributed by atoms with E-state index in [1.807, 2.05) is 0 Å². The van der Waals surface area contributed by atoms with Crippen molar-refractivity contribution < 1.29 is 47.9 Å². The van der Waals surface area contributed by atoms with Crippen LogP contribution in [-0.2, 0) is 34.0 Å². The van der Waals surface area contributed by atoms with Crippen LogP contribution in [0.2, 0.25) is 20.1 Å². The van der Waals surface area contributed by atoms with Gasteiger partial charge in [-0.2, -0.15) is 60.2 Å². The molecule has 0 saturated carbocycles. The maximum absolute atomic E-state index is 12.8. The van der Waals surface area contributed by atoms with Gasteiger partial charge in [-0.25, -0.2) is 13.6 Å². The van der Waals surface area contributed by atoms with E-state index in [1.165, 1.54) is 6.07 Å². The normalized spacial score (nSPS) is 13.0. The van der Waals surface area contributed by atoms with Crippen molar-refractivity contribution in [1.82, 2.24) is 19.6 Å². The first-order chi connectivity index (χ1) is 22.5. The van der Waals surface area contributed by atoms with Crippen LogP contribution in [0.25, 0.3) is 11.4 Å². The number of nitrogen functional groups attached to an aromatic ring is 1. The Morgan fingerprint density at radius 2 is 1.20 bits per heavy atom. The molecule has 0 radical (unpaired) electrons. The molecule has 0 bridgehead atoms. The van der Waals surface area contributed by atoms with Gasteiger partial charge in [0.15, 0.2) is 22.2 Å². The Morgan fingerprint density at radius 3 is 1.56 bits per heavy atom. The summed E-state index contributed by atoms with van der Waals surface area (Å²) in [6.45, 7) is 1.62. The van der Waals surface area contributed by atoms with E-state index in [4.69, 9.17) is 62.7 Å². The molecule has 0 amide bonds. The lowest BCUT2D eigenvalue weighted by Crippen LogP contribution is -2.16. The number of rotatable bonds is 5. The van der Waals surface area contributed by atoms with Gasteiger partial charge in [-0.3, -0.25) is 4.21 Å². The van der Waals surface area contributed by atoms with Crippen molar-refractivity contribution in [2.75, 3.05) is 11.5 Å². The fourth-order valence-corrected chi connectivity index (χ4v) is 6.64. The number of aromatic nitrogens is 4. The van der Waals surface area contributed by atoms with Gasteiger partial charge in [-0.1, -0.05) is 60.8 Å². The highest BCUT2D eigenvalue weighted by Gasteiger charge is 2.41. The van der Waals surface area contributed by atoms with Crippen LogP contribution < -0.4 is 5.73 Å². The lowest BCUT2D eigenvalue weighted by Gasteiger charge is -2.13. The highest BCUT2D eigenvalue weighted by molar-refractivity contribution is 7.86. The topological polar surface area (TPSA) is 143 Å². The summed E-state index contributed by atoms with van der Waals surface area (Å²) in [4.78, 5) is -0.978. The molecule has 0 aliphatic rings. The van der Waals surface area contributed by atoms with Crippen molar-refractivity contribution in [3.05, 3.63) is 73.1 Å². The molecular weight excluding hydrogens is 819 g/mol. The van der Waals surface area contributed by atoms with Crippen molar-refractivity contribution in [1.29, 1.82) is 10.5 Å². The standard InChI is InChI=1S/C13H9Cl2F3N4OS.C12H3Cl2F6N3OS.CH4/c1-2-24(23)11-9(5-19)21-22(12(11)20)10-7(14)3-6(4-8(10)15)13(16,17)18;13-6-1-5(11(15,16)17)2-7(14)10(6)23-4-9(8(3-21)22-23)25(24)12(18,19)20;/h3-4H,2,20H2,1H3;1-2,4H;1H4. The van der Waals surface area contributed by atoms with E-state index in [-0.39, 0.29) is 45.3 Å². The average molecular weight is 835 g/mol. The molecule has 0 saturated heterocycles. The molecule has 0 fully saturated rings. The molecule has 2 N–H and O–H groups in total. The van der Waals surface area contributed by atoms with E-state index in [0.29, 0.717) is 35.1 Å². The van der Waals surface area contributed by atoms with Crippen molar-refractivity contribution >= 4 is 73.8 Å². The van der Waals surface area contributed by atoms with Crippen LogP contribution in [0.15, 0.2) is 40.3 Å². The van der Waals surface area contributed by atoms with Gasteiger partial charge in [0.05, 0.1) is 42.0 Å². The number of nitrogens with zero attached hydrogens (tertiary/aromatic N) is 6. The van der Waals surface area contributed by atoms with Gasteiger partial charge in [0.1, 0.15) is 39.1 Å². The fraction of sp³-hybridized carbons (Fsp3) is 0.231. The van der Waals surface area contributed by atoms with E-state index in [9.17, 15) is 47.9 Å². The molecular formula is C26H16Cl4F9N7O2S2. The summed E-state index contributed by atoms with van der Waals surface area (Å²) in [6.07, 6.45) is -8.81. The van der Waals surface area contributed by atoms with Crippen LogP contribution in [0.4, 0.5) is 45.3 Å². The number of hydrogen-bond acceptors (Lipinski definition) is 7. The number of alkyl halides is 9. The van der Waals surface area contributed by atoms with E-state index in [0.717, 1.165) is 4.68 Å². The summed E-state index contributed by atoms with van der Waals surface area (Å²) in [7, 11) is -5.16. The summed E-state index contributed by atoms with van der Waals surface area (Å²) in [5.74, 6) is 0.00859. The number of nitrogens with two attached hydrogens (primary N) is 1. The zero-order valence-corrected chi connectivity index (χ0v) is 28.1. The second kappa shape index (κ2) is 15.8. The Hall–Kier alpha value is -3.53. The molecule has 0 aliphatic heterocycles. The second-order valence-electron chi connectivity index (χ2n) is 8.91. The number of nitriles is 2. The number of hydrogen-bond donors (Lipinski definition) is 1. The lowest BCUT2D eigenvalue weighted by atomic mass is 10.2. The third kappa shape index (κ3) is 9.03. The minimum Gasteiger partial charge on any atom is -0.383 e. The first-order valence-electron chi connectivity index (χ1n) is 12.3. The molecule has 2 atom stereocenters. The molecule has 0 spiro atoms.